The molecule has 6 nitrogen and oxygen atoms in total. The molecule has 0 aromatic rings. The fourth-order valence-electron chi connectivity index (χ4n) is 2.45. The lowest BCUT2D eigenvalue weighted by molar-refractivity contribution is -0.132. The number of nitrogens with one attached hydrogen (secondary N) is 2. The molecule has 0 aromatic carbocycles. The molecule has 0 saturated carbocycles. The van der Waals surface area contributed by atoms with Crippen LogP contribution >= 0.6 is 24.0 Å². The van der Waals surface area contributed by atoms with Crippen molar-refractivity contribution in [1.82, 2.24) is 15.5 Å². The highest BCUT2D eigenvalue weighted by molar-refractivity contribution is 14.0. The summed E-state index contributed by atoms with van der Waals surface area (Å²) < 4.78 is 5.36. The van der Waals surface area contributed by atoms with Crippen LogP contribution in [0, 0.1) is 5.92 Å². The van der Waals surface area contributed by atoms with Crippen LogP contribution in [0.1, 0.15) is 40.0 Å². The van der Waals surface area contributed by atoms with E-state index in [1.54, 1.807) is 14.2 Å². The molecule has 0 aromatic heterocycles. The topological polar surface area (TPSA) is 66.0 Å². The van der Waals surface area contributed by atoms with E-state index in [0.717, 1.165) is 19.5 Å². The molecule has 1 heterocycles. The van der Waals surface area contributed by atoms with E-state index in [0.29, 0.717) is 31.4 Å². The van der Waals surface area contributed by atoms with Gasteiger partial charge in [0, 0.05) is 46.8 Å². The summed E-state index contributed by atoms with van der Waals surface area (Å²) in [6, 6.07) is 0. The van der Waals surface area contributed by atoms with Gasteiger partial charge in [-0.05, 0) is 32.6 Å². The van der Waals surface area contributed by atoms with Gasteiger partial charge in [-0.25, -0.2) is 0 Å². The summed E-state index contributed by atoms with van der Waals surface area (Å²) in [7, 11) is 3.42. The third-order valence-corrected chi connectivity index (χ3v) is 4.10. The molecule has 0 aliphatic carbocycles. The zero-order valence-electron chi connectivity index (χ0n) is 15.1. The van der Waals surface area contributed by atoms with Crippen LogP contribution in [0.2, 0.25) is 0 Å². The minimum absolute atomic E-state index is 0. The van der Waals surface area contributed by atoms with Crippen LogP contribution in [0.3, 0.4) is 0 Å². The van der Waals surface area contributed by atoms with Gasteiger partial charge in [0.15, 0.2) is 5.96 Å². The monoisotopic (exact) mass is 440 g/mol. The maximum Gasteiger partial charge on any atom is 0.224 e. The highest BCUT2D eigenvalue weighted by atomic mass is 127. The van der Waals surface area contributed by atoms with Gasteiger partial charge in [-0.1, -0.05) is 6.92 Å². The normalized spacial score (nSPS) is 19.1. The first-order valence-electron chi connectivity index (χ1n) is 8.15. The summed E-state index contributed by atoms with van der Waals surface area (Å²) in [5, 5.41) is 6.39. The average Bonchev–Trinajstić information content (AvgIpc) is 2.50. The molecular formula is C16H33IN4O2. The Kier molecular flexibility index (Phi) is 10.8. The van der Waals surface area contributed by atoms with Crippen molar-refractivity contribution in [3.05, 3.63) is 0 Å². The van der Waals surface area contributed by atoms with Gasteiger partial charge < -0.3 is 20.3 Å². The zero-order chi connectivity index (χ0) is 16.6. The molecule has 1 aliphatic heterocycles. The quantitative estimate of drug-likeness (QED) is 0.376. The number of nitrogens with zero attached hydrogens (tertiary/aromatic N) is 2. The predicted octanol–water partition coefficient (Wildman–Crippen LogP) is 1.84. The number of halogens is 1. The first kappa shape index (κ1) is 22.4. The molecule has 2 N–H and O–H groups in total. The first-order chi connectivity index (χ1) is 10.4. The van der Waals surface area contributed by atoms with Gasteiger partial charge in [-0.3, -0.25) is 9.79 Å². The standard InChI is InChI=1S/C16H32N4O2.HI/c1-13-7-6-10-20(11-13)14(21)8-9-18-15(17-4)19-12-16(2,3)22-5;/h13H,6-12H2,1-5H3,(H2,17,18,19);1H. The highest BCUT2D eigenvalue weighted by Crippen LogP contribution is 2.15. The van der Waals surface area contributed by atoms with Gasteiger partial charge in [0.2, 0.25) is 5.91 Å². The molecule has 1 saturated heterocycles. The van der Waals surface area contributed by atoms with Crippen molar-refractivity contribution in [3.8, 4) is 0 Å². The van der Waals surface area contributed by atoms with Crippen molar-refractivity contribution in [2.45, 2.75) is 45.6 Å². The second kappa shape index (κ2) is 11.1. The first-order valence-corrected chi connectivity index (χ1v) is 8.15. The van der Waals surface area contributed by atoms with E-state index in [2.05, 4.69) is 22.5 Å². The van der Waals surface area contributed by atoms with Gasteiger partial charge in [-0.15, -0.1) is 24.0 Å². The van der Waals surface area contributed by atoms with Crippen LogP contribution in [0.25, 0.3) is 0 Å². The Morgan fingerprint density at radius 1 is 1.39 bits per heavy atom. The largest absolute Gasteiger partial charge is 0.377 e. The van der Waals surface area contributed by atoms with E-state index >= 15 is 0 Å². The lowest BCUT2D eigenvalue weighted by Crippen LogP contribution is -2.46. The fraction of sp³-hybridized carbons (Fsp3) is 0.875. The van der Waals surface area contributed by atoms with E-state index in [1.807, 2.05) is 18.7 Å². The van der Waals surface area contributed by atoms with Gasteiger partial charge >= 0.3 is 0 Å². The minimum Gasteiger partial charge on any atom is -0.377 e. The van der Waals surface area contributed by atoms with Crippen LogP contribution in [0.4, 0.5) is 0 Å². The molecule has 7 heteroatoms. The van der Waals surface area contributed by atoms with Gasteiger partial charge in [0.1, 0.15) is 0 Å². The summed E-state index contributed by atoms with van der Waals surface area (Å²) in [6.45, 7) is 9.27. The average molecular weight is 440 g/mol. The van der Waals surface area contributed by atoms with Crippen molar-refractivity contribution < 1.29 is 9.53 Å². The third kappa shape index (κ3) is 8.74. The fourth-order valence-corrected chi connectivity index (χ4v) is 2.45. The smallest absolute Gasteiger partial charge is 0.224 e. The molecule has 1 amide bonds. The molecule has 0 spiro atoms. The van der Waals surface area contributed by atoms with Crippen molar-refractivity contribution >= 4 is 35.8 Å². The van der Waals surface area contributed by atoms with Crippen LogP contribution < -0.4 is 10.6 Å². The Labute approximate surface area is 157 Å². The van der Waals surface area contributed by atoms with E-state index in [-0.39, 0.29) is 35.5 Å². The molecule has 0 bridgehead atoms. The molecule has 1 unspecified atom stereocenters. The van der Waals surface area contributed by atoms with Crippen molar-refractivity contribution in [3.63, 3.8) is 0 Å². The number of amides is 1. The summed E-state index contributed by atoms with van der Waals surface area (Å²) in [6.07, 6.45) is 2.85. The number of hydrogen-bond donors (Lipinski definition) is 2. The van der Waals surface area contributed by atoms with Crippen molar-refractivity contribution in [2.24, 2.45) is 10.9 Å². The van der Waals surface area contributed by atoms with Crippen molar-refractivity contribution in [1.29, 1.82) is 0 Å². The number of likely N-dealkylation sites (tertiary alicyclic amines) is 1. The molecule has 1 atom stereocenters. The van der Waals surface area contributed by atoms with Gasteiger partial charge in [-0.2, -0.15) is 0 Å². The van der Waals surface area contributed by atoms with Crippen LogP contribution in [-0.2, 0) is 9.53 Å². The number of piperidine rings is 1. The lowest BCUT2D eigenvalue weighted by atomic mass is 10.00. The number of rotatable bonds is 6. The van der Waals surface area contributed by atoms with Crippen LogP contribution in [0.5, 0.6) is 0 Å². The molecule has 1 aliphatic rings. The summed E-state index contributed by atoms with van der Waals surface area (Å²) in [4.78, 5) is 18.3. The Hall–Kier alpha value is -0.570. The molecule has 1 rings (SSSR count). The number of aliphatic imine (C=N–C) groups is 1. The van der Waals surface area contributed by atoms with E-state index < -0.39 is 0 Å². The van der Waals surface area contributed by atoms with Crippen LogP contribution in [0.15, 0.2) is 4.99 Å². The molecular weight excluding hydrogens is 407 g/mol. The summed E-state index contributed by atoms with van der Waals surface area (Å²) >= 11 is 0. The van der Waals surface area contributed by atoms with Crippen LogP contribution in [-0.4, -0.2) is 62.7 Å². The number of methoxy groups -OCH3 is 1. The number of carbonyl (C=O) groups is 1. The number of guanidine groups is 1. The van der Waals surface area contributed by atoms with Gasteiger partial charge in [0.25, 0.3) is 0 Å². The number of carbonyl (C=O) groups excluding carboxylic acids is 1. The lowest BCUT2D eigenvalue weighted by Gasteiger charge is -2.31. The van der Waals surface area contributed by atoms with Gasteiger partial charge in [0.05, 0.1) is 5.60 Å². The van der Waals surface area contributed by atoms with E-state index in [4.69, 9.17) is 4.74 Å². The molecule has 1 fully saturated rings. The molecule has 23 heavy (non-hydrogen) atoms. The summed E-state index contributed by atoms with van der Waals surface area (Å²) in [5.74, 6) is 1.55. The molecule has 136 valence electrons. The minimum atomic E-state index is -0.253. The second-order valence-electron chi connectivity index (χ2n) is 6.65. The third-order valence-electron chi connectivity index (χ3n) is 4.10. The van der Waals surface area contributed by atoms with E-state index in [9.17, 15) is 4.79 Å². The molecule has 0 radical (unpaired) electrons. The Morgan fingerprint density at radius 3 is 2.65 bits per heavy atom. The van der Waals surface area contributed by atoms with Crippen molar-refractivity contribution in [2.75, 3.05) is 40.3 Å². The maximum atomic E-state index is 12.2. The maximum absolute atomic E-state index is 12.2. The number of hydrogen-bond acceptors (Lipinski definition) is 3. The Balaban J connectivity index is 0.00000484. The highest BCUT2D eigenvalue weighted by Gasteiger charge is 2.20. The summed E-state index contributed by atoms with van der Waals surface area (Å²) in [5.41, 5.74) is -0.253. The second-order valence-corrected chi connectivity index (χ2v) is 6.65. The Morgan fingerprint density at radius 2 is 2.09 bits per heavy atom. The zero-order valence-corrected chi connectivity index (χ0v) is 17.5. The number of ether oxygens (including phenoxy) is 1. The Bertz CT molecular complexity index is 388. The SMILES string of the molecule is CN=C(NCCC(=O)N1CCCC(C)C1)NCC(C)(C)OC.I. The van der Waals surface area contributed by atoms with E-state index in [1.165, 1.54) is 6.42 Å². The predicted molar refractivity (Wildman–Crippen MR) is 105 cm³/mol.